The molecule has 1 aliphatic rings. The highest BCUT2D eigenvalue weighted by Crippen LogP contribution is 2.24. The number of amides is 2. The molecule has 0 radical (unpaired) electrons. The van der Waals surface area contributed by atoms with Gasteiger partial charge in [0.15, 0.2) is 0 Å². The first-order valence-electron chi connectivity index (χ1n) is 9.20. The molecular formula is C20H30N2O4. The molecule has 2 rings (SSSR count). The van der Waals surface area contributed by atoms with E-state index in [2.05, 4.69) is 19.9 Å². The number of nitrogens with zero attached hydrogens (tertiary/aromatic N) is 2. The fraction of sp³-hybridized carbons (Fsp3) is 0.600. The summed E-state index contributed by atoms with van der Waals surface area (Å²) < 4.78 is 5.97. The van der Waals surface area contributed by atoms with Gasteiger partial charge >= 0.3 is 0 Å². The molecule has 1 aromatic rings. The van der Waals surface area contributed by atoms with Crippen molar-refractivity contribution in [2.24, 2.45) is 0 Å². The van der Waals surface area contributed by atoms with Crippen molar-refractivity contribution in [3.05, 3.63) is 29.8 Å². The number of hydrogen-bond acceptors (Lipinski definition) is 4. The van der Waals surface area contributed by atoms with Gasteiger partial charge in [-0.3, -0.25) is 9.59 Å². The third kappa shape index (κ3) is 5.46. The van der Waals surface area contributed by atoms with Gasteiger partial charge in [-0.05, 0) is 23.6 Å². The molecule has 1 aliphatic heterocycles. The molecule has 26 heavy (non-hydrogen) atoms. The number of benzene rings is 1. The fourth-order valence-corrected chi connectivity index (χ4v) is 2.99. The zero-order valence-corrected chi connectivity index (χ0v) is 16.1. The van der Waals surface area contributed by atoms with Crippen molar-refractivity contribution < 1.29 is 19.4 Å². The van der Waals surface area contributed by atoms with Crippen LogP contribution < -0.4 is 4.74 Å². The number of hydrogen-bond donors (Lipinski definition) is 1. The van der Waals surface area contributed by atoms with Gasteiger partial charge in [-0.15, -0.1) is 0 Å². The van der Waals surface area contributed by atoms with Gasteiger partial charge in [0.05, 0.1) is 6.54 Å². The van der Waals surface area contributed by atoms with E-state index < -0.39 is 6.10 Å². The largest absolute Gasteiger partial charge is 0.488 e. The summed E-state index contributed by atoms with van der Waals surface area (Å²) in [7, 11) is 3.35. The van der Waals surface area contributed by atoms with Gasteiger partial charge in [-0.2, -0.15) is 0 Å². The maximum Gasteiger partial charge on any atom is 0.223 e. The van der Waals surface area contributed by atoms with Crippen LogP contribution in [0, 0.1) is 0 Å². The van der Waals surface area contributed by atoms with Gasteiger partial charge in [-0.1, -0.05) is 26.0 Å². The van der Waals surface area contributed by atoms with Gasteiger partial charge in [0.2, 0.25) is 11.8 Å². The summed E-state index contributed by atoms with van der Waals surface area (Å²) in [6, 6.07) is 7.91. The van der Waals surface area contributed by atoms with Crippen LogP contribution in [0.3, 0.4) is 0 Å². The predicted octanol–water partition coefficient (Wildman–Crippen LogP) is 2.02. The van der Waals surface area contributed by atoms with Crippen molar-refractivity contribution in [1.82, 2.24) is 9.80 Å². The van der Waals surface area contributed by atoms with Crippen LogP contribution in [0.2, 0.25) is 0 Å². The number of β-amino-alcohol motifs (C(OH)–C–C–N with tert-alkyl or cyclic N) is 1. The first kappa shape index (κ1) is 20.2. The van der Waals surface area contributed by atoms with Gasteiger partial charge in [0.1, 0.15) is 18.0 Å². The van der Waals surface area contributed by atoms with Crippen LogP contribution in [0.25, 0.3) is 0 Å². The standard InChI is InChI=1S/C20H30N2O4/c1-14(2)15-6-5-7-16(12-15)26-18-10-11-22(13-17(18)23)20(25)9-8-19(24)21(3)4/h5-7,12,14,17-18,23H,8-11,13H2,1-4H3/t17-,18-/m1/s1. The molecular weight excluding hydrogens is 332 g/mol. The summed E-state index contributed by atoms with van der Waals surface area (Å²) in [6.07, 6.45) is -0.128. The zero-order valence-electron chi connectivity index (χ0n) is 16.1. The van der Waals surface area contributed by atoms with Crippen LogP contribution in [0.15, 0.2) is 24.3 Å². The van der Waals surface area contributed by atoms with Crippen molar-refractivity contribution >= 4 is 11.8 Å². The molecule has 0 spiro atoms. The summed E-state index contributed by atoms with van der Waals surface area (Å²) in [6.45, 7) is 5.02. The Labute approximate surface area is 155 Å². The molecule has 2 amide bonds. The molecule has 0 bridgehead atoms. The van der Waals surface area contributed by atoms with Crippen LogP contribution in [0.1, 0.15) is 44.6 Å². The molecule has 1 aromatic carbocycles. The fourth-order valence-electron chi connectivity index (χ4n) is 2.99. The molecule has 1 saturated heterocycles. The maximum absolute atomic E-state index is 12.3. The van der Waals surface area contributed by atoms with E-state index in [0.717, 1.165) is 5.75 Å². The zero-order chi connectivity index (χ0) is 19.3. The summed E-state index contributed by atoms with van der Waals surface area (Å²) in [5, 5.41) is 10.4. The van der Waals surface area contributed by atoms with Crippen LogP contribution in [0.4, 0.5) is 0 Å². The van der Waals surface area contributed by atoms with Crippen LogP contribution in [-0.2, 0) is 9.59 Å². The summed E-state index contributed by atoms with van der Waals surface area (Å²) in [4.78, 5) is 27.0. The molecule has 6 nitrogen and oxygen atoms in total. The Hall–Kier alpha value is -2.08. The smallest absolute Gasteiger partial charge is 0.223 e. The lowest BCUT2D eigenvalue weighted by molar-refractivity contribution is -0.139. The normalized spacial score (nSPS) is 20.2. The number of ether oxygens (including phenoxy) is 1. The van der Waals surface area contributed by atoms with E-state index in [1.807, 2.05) is 18.2 Å². The summed E-state index contributed by atoms with van der Waals surface area (Å²) >= 11 is 0. The Morgan fingerprint density at radius 3 is 2.65 bits per heavy atom. The van der Waals surface area contributed by atoms with Crippen molar-refractivity contribution in [3.63, 3.8) is 0 Å². The Balaban J connectivity index is 1.87. The maximum atomic E-state index is 12.3. The molecule has 1 N–H and O–H groups in total. The number of carbonyl (C=O) groups is 2. The number of likely N-dealkylation sites (tertiary alicyclic amines) is 1. The Bertz CT molecular complexity index is 630. The van der Waals surface area contributed by atoms with E-state index in [-0.39, 0.29) is 37.3 Å². The molecule has 144 valence electrons. The molecule has 0 aliphatic carbocycles. The number of aliphatic hydroxyl groups is 1. The Morgan fingerprint density at radius 2 is 2.04 bits per heavy atom. The third-order valence-corrected chi connectivity index (χ3v) is 4.74. The van der Waals surface area contributed by atoms with E-state index in [4.69, 9.17) is 4.74 Å². The highest BCUT2D eigenvalue weighted by Gasteiger charge is 2.31. The molecule has 0 unspecified atom stereocenters. The predicted molar refractivity (Wildman–Crippen MR) is 100 cm³/mol. The minimum absolute atomic E-state index is 0.0675. The number of carbonyl (C=O) groups excluding carboxylic acids is 2. The van der Waals surface area contributed by atoms with E-state index in [0.29, 0.717) is 18.9 Å². The van der Waals surface area contributed by atoms with Gasteiger partial charge in [-0.25, -0.2) is 0 Å². The molecule has 2 atom stereocenters. The first-order chi connectivity index (χ1) is 12.3. The number of piperidine rings is 1. The van der Waals surface area contributed by atoms with Crippen molar-refractivity contribution in [3.8, 4) is 5.75 Å². The monoisotopic (exact) mass is 362 g/mol. The van der Waals surface area contributed by atoms with Gasteiger partial charge in [0.25, 0.3) is 0 Å². The average Bonchev–Trinajstić information content (AvgIpc) is 2.61. The second-order valence-corrected chi connectivity index (χ2v) is 7.37. The molecule has 0 saturated carbocycles. The van der Waals surface area contributed by atoms with E-state index in [1.165, 1.54) is 10.5 Å². The second-order valence-electron chi connectivity index (χ2n) is 7.37. The Kier molecular flexibility index (Phi) is 7.03. The minimum atomic E-state index is -0.736. The third-order valence-electron chi connectivity index (χ3n) is 4.74. The summed E-state index contributed by atoms with van der Waals surface area (Å²) in [5.74, 6) is 0.992. The highest BCUT2D eigenvalue weighted by molar-refractivity contribution is 5.83. The van der Waals surface area contributed by atoms with Crippen molar-refractivity contribution in [1.29, 1.82) is 0 Å². The highest BCUT2D eigenvalue weighted by atomic mass is 16.5. The second kappa shape index (κ2) is 9.03. The number of aliphatic hydroxyl groups excluding tert-OH is 1. The lowest BCUT2D eigenvalue weighted by Crippen LogP contribution is -2.51. The topological polar surface area (TPSA) is 70.1 Å². The van der Waals surface area contributed by atoms with E-state index >= 15 is 0 Å². The van der Waals surface area contributed by atoms with Gasteiger partial charge < -0.3 is 19.6 Å². The van der Waals surface area contributed by atoms with Gasteiger partial charge in [0, 0.05) is 39.9 Å². The average molecular weight is 362 g/mol. The van der Waals surface area contributed by atoms with E-state index in [9.17, 15) is 14.7 Å². The summed E-state index contributed by atoms with van der Waals surface area (Å²) in [5.41, 5.74) is 1.19. The van der Waals surface area contributed by atoms with Crippen LogP contribution >= 0.6 is 0 Å². The lowest BCUT2D eigenvalue weighted by Gasteiger charge is -2.36. The molecule has 1 heterocycles. The lowest BCUT2D eigenvalue weighted by atomic mass is 10.0. The van der Waals surface area contributed by atoms with Crippen LogP contribution in [-0.4, -0.2) is 66.1 Å². The van der Waals surface area contributed by atoms with Crippen molar-refractivity contribution in [2.75, 3.05) is 27.2 Å². The Morgan fingerprint density at radius 1 is 1.31 bits per heavy atom. The number of rotatable bonds is 6. The van der Waals surface area contributed by atoms with Crippen molar-refractivity contribution in [2.45, 2.75) is 51.2 Å². The first-order valence-corrected chi connectivity index (χ1v) is 9.20. The molecule has 1 fully saturated rings. The quantitative estimate of drug-likeness (QED) is 0.840. The molecule has 0 aromatic heterocycles. The molecule has 6 heteroatoms. The van der Waals surface area contributed by atoms with Crippen LogP contribution in [0.5, 0.6) is 5.75 Å². The van der Waals surface area contributed by atoms with E-state index in [1.54, 1.807) is 19.0 Å². The SMILES string of the molecule is CC(C)c1cccc(O[C@@H]2CCN(C(=O)CCC(=O)N(C)C)C[C@H]2O)c1. The minimum Gasteiger partial charge on any atom is -0.488 e.